The van der Waals surface area contributed by atoms with Crippen LogP contribution >= 0.6 is 11.3 Å². The van der Waals surface area contributed by atoms with Gasteiger partial charge in [0.05, 0.1) is 10.2 Å². The van der Waals surface area contributed by atoms with E-state index in [0.717, 1.165) is 37.8 Å². The van der Waals surface area contributed by atoms with Gasteiger partial charge in [0.25, 0.3) is 5.91 Å². The zero-order valence-corrected chi connectivity index (χ0v) is 20.5. The van der Waals surface area contributed by atoms with Crippen LogP contribution in [0.1, 0.15) is 25.3 Å². The molecule has 7 heteroatoms. The van der Waals surface area contributed by atoms with E-state index in [1.54, 1.807) is 30.6 Å². The molecular weight excluding hydrogens is 456 g/mol. The Kier molecular flexibility index (Phi) is 7.48. The molecule has 2 N–H and O–H groups in total. The molecule has 2 heterocycles. The first kappa shape index (κ1) is 24.0. The molecule has 2 aromatic carbocycles. The molecule has 0 fully saturated rings. The van der Waals surface area contributed by atoms with Gasteiger partial charge in [0.2, 0.25) is 5.91 Å². The van der Waals surface area contributed by atoms with E-state index in [-0.39, 0.29) is 11.8 Å². The van der Waals surface area contributed by atoms with Crippen molar-refractivity contribution in [3.05, 3.63) is 96.4 Å². The highest BCUT2D eigenvalue weighted by Gasteiger charge is 2.12. The van der Waals surface area contributed by atoms with Gasteiger partial charge in [0.1, 0.15) is 0 Å². The molecule has 4 rings (SSSR count). The summed E-state index contributed by atoms with van der Waals surface area (Å²) in [5.74, 6) is -0.357. The van der Waals surface area contributed by atoms with Crippen molar-refractivity contribution >= 4 is 55.0 Å². The lowest BCUT2D eigenvalue weighted by molar-refractivity contribution is -0.116. The van der Waals surface area contributed by atoms with Gasteiger partial charge in [-0.15, -0.1) is 0 Å². The van der Waals surface area contributed by atoms with Crippen molar-refractivity contribution in [1.82, 2.24) is 9.97 Å². The van der Waals surface area contributed by atoms with Gasteiger partial charge in [0, 0.05) is 35.5 Å². The highest BCUT2D eigenvalue weighted by molar-refractivity contribution is 7.22. The molecule has 4 aromatic rings. The average Bonchev–Trinajstić information content (AvgIpc) is 3.23. The molecule has 2 aromatic heterocycles. The molecule has 0 saturated carbocycles. The summed E-state index contributed by atoms with van der Waals surface area (Å²) in [7, 11) is 0. The molecule has 2 amide bonds. The molecule has 0 unspecified atom stereocenters. The maximum absolute atomic E-state index is 12.9. The third-order valence-electron chi connectivity index (χ3n) is 5.40. The van der Waals surface area contributed by atoms with E-state index in [1.165, 1.54) is 11.3 Å². The minimum absolute atomic E-state index is 0.0883. The molecule has 0 atom stereocenters. The molecule has 0 aliphatic carbocycles. The SMILES string of the molecule is C=C/C=C(\C=C(/C)CCC(=O)Nc1ccc2cnccc2c1)C(=O)Nc1nc2cc(C)ccc2s1. The number of benzene rings is 2. The van der Waals surface area contributed by atoms with E-state index in [9.17, 15) is 9.59 Å². The van der Waals surface area contributed by atoms with Crippen molar-refractivity contribution in [2.75, 3.05) is 10.6 Å². The second-order valence-electron chi connectivity index (χ2n) is 8.28. The number of nitrogens with zero attached hydrogens (tertiary/aromatic N) is 2. The van der Waals surface area contributed by atoms with Crippen LogP contribution in [0, 0.1) is 6.92 Å². The molecule has 0 spiro atoms. The van der Waals surface area contributed by atoms with Gasteiger partial charge in [-0.1, -0.05) is 53.8 Å². The Bertz CT molecular complexity index is 1480. The summed E-state index contributed by atoms with van der Waals surface area (Å²) in [5, 5.41) is 8.39. The van der Waals surface area contributed by atoms with Crippen LogP contribution < -0.4 is 10.6 Å². The fourth-order valence-corrected chi connectivity index (χ4v) is 4.45. The predicted octanol–water partition coefficient (Wildman–Crippen LogP) is 6.57. The molecule has 0 aliphatic rings. The van der Waals surface area contributed by atoms with Gasteiger partial charge < -0.3 is 5.32 Å². The molecule has 35 heavy (non-hydrogen) atoms. The number of hydrogen-bond acceptors (Lipinski definition) is 5. The summed E-state index contributed by atoms with van der Waals surface area (Å²) in [6, 6.07) is 13.6. The molecule has 0 saturated heterocycles. The van der Waals surface area contributed by atoms with E-state index in [2.05, 4.69) is 27.2 Å². The second-order valence-corrected chi connectivity index (χ2v) is 9.31. The third kappa shape index (κ3) is 6.28. The zero-order chi connectivity index (χ0) is 24.8. The monoisotopic (exact) mass is 482 g/mol. The molecular formula is C28H26N4O2S. The number of carbonyl (C=O) groups is 2. The molecule has 0 aliphatic heterocycles. The largest absolute Gasteiger partial charge is 0.326 e. The lowest BCUT2D eigenvalue weighted by atomic mass is 10.1. The topological polar surface area (TPSA) is 84.0 Å². The quantitative estimate of drug-likeness (QED) is 0.220. The van der Waals surface area contributed by atoms with Crippen LogP contribution in [-0.2, 0) is 9.59 Å². The Balaban J connectivity index is 1.37. The Morgan fingerprint density at radius 1 is 1.06 bits per heavy atom. The molecule has 176 valence electrons. The van der Waals surface area contributed by atoms with Crippen LogP contribution in [-0.4, -0.2) is 21.8 Å². The van der Waals surface area contributed by atoms with Crippen LogP contribution in [0.4, 0.5) is 10.8 Å². The Morgan fingerprint density at radius 3 is 2.74 bits per heavy atom. The molecule has 0 radical (unpaired) electrons. The van der Waals surface area contributed by atoms with E-state index in [4.69, 9.17) is 0 Å². The number of aromatic nitrogens is 2. The van der Waals surface area contributed by atoms with Crippen LogP contribution in [0.5, 0.6) is 0 Å². The van der Waals surface area contributed by atoms with Crippen molar-refractivity contribution in [2.24, 2.45) is 0 Å². The number of rotatable bonds is 8. The number of fused-ring (bicyclic) bond motifs is 2. The smallest absolute Gasteiger partial charge is 0.257 e. The maximum Gasteiger partial charge on any atom is 0.257 e. The van der Waals surface area contributed by atoms with Crippen LogP contribution in [0.2, 0.25) is 0 Å². The average molecular weight is 483 g/mol. The standard InChI is InChI=1S/C28H26N4O2S/c1-4-5-21(27(34)32-28-31-24-15-19(3)6-10-25(24)35-28)14-18(2)7-11-26(33)30-23-9-8-22-17-29-13-12-20(22)16-23/h4-6,8-10,12-17H,1,7,11H2,2-3H3,(H,30,33)(H,31,32,34)/b18-14+,21-5+. The van der Waals surface area contributed by atoms with E-state index < -0.39 is 0 Å². The lowest BCUT2D eigenvalue weighted by Crippen LogP contribution is -2.14. The number of amides is 2. The maximum atomic E-state index is 12.9. The van der Waals surface area contributed by atoms with Gasteiger partial charge in [0.15, 0.2) is 5.13 Å². The normalized spacial score (nSPS) is 12.1. The summed E-state index contributed by atoms with van der Waals surface area (Å²) in [4.78, 5) is 34.0. The summed E-state index contributed by atoms with van der Waals surface area (Å²) >= 11 is 1.43. The highest BCUT2D eigenvalue weighted by atomic mass is 32.1. The summed E-state index contributed by atoms with van der Waals surface area (Å²) in [5.41, 5.74) is 4.09. The van der Waals surface area contributed by atoms with Crippen LogP contribution in [0.25, 0.3) is 21.0 Å². The summed E-state index contributed by atoms with van der Waals surface area (Å²) in [6.45, 7) is 7.63. The predicted molar refractivity (Wildman–Crippen MR) is 145 cm³/mol. The van der Waals surface area contributed by atoms with Crippen molar-refractivity contribution in [3.63, 3.8) is 0 Å². The molecule has 0 bridgehead atoms. The number of aryl methyl sites for hydroxylation is 1. The number of allylic oxidation sites excluding steroid dienone is 3. The van der Waals surface area contributed by atoms with Crippen molar-refractivity contribution in [2.45, 2.75) is 26.7 Å². The number of anilines is 2. The van der Waals surface area contributed by atoms with E-state index in [0.29, 0.717) is 23.5 Å². The first-order valence-electron chi connectivity index (χ1n) is 11.2. The van der Waals surface area contributed by atoms with Gasteiger partial charge in [-0.2, -0.15) is 0 Å². The van der Waals surface area contributed by atoms with Gasteiger partial charge in [-0.05, 0) is 61.5 Å². The van der Waals surface area contributed by atoms with Gasteiger partial charge in [-0.25, -0.2) is 4.98 Å². The second kappa shape index (κ2) is 10.9. The first-order valence-corrected chi connectivity index (χ1v) is 12.0. The number of thiazole rings is 1. The fraction of sp³-hybridized carbons (Fsp3) is 0.143. The number of nitrogens with one attached hydrogen (secondary N) is 2. The fourth-order valence-electron chi connectivity index (χ4n) is 3.61. The first-order chi connectivity index (χ1) is 16.9. The lowest BCUT2D eigenvalue weighted by Gasteiger charge is -2.08. The third-order valence-corrected chi connectivity index (χ3v) is 6.35. The Hall–Kier alpha value is -4.10. The minimum atomic E-state index is -0.268. The highest BCUT2D eigenvalue weighted by Crippen LogP contribution is 2.27. The number of pyridine rings is 1. The van der Waals surface area contributed by atoms with E-state index >= 15 is 0 Å². The van der Waals surface area contributed by atoms with Gasteiger partial charge >= 0.3 is 0 Å². The zero-order valence-electron chi connectivity index (χ0n) is 19.7. The Morgan fingerprint density at radius 2 is 1.91 bits per heavy atom. The van der Waals surface area contributed by atoms with Gasteiger partial charge in [-0.3, -0.25) is 19.9 Å². The summed E-state index contributed by atoms with van der Waals surface area (Å²) < 4.78 is 1.01. The van der Waals surface area contributed by atoms with Crippen LogP contribution in [0.15, 0.2) is 90.8 Å². The van der Waals surface area contributed by atoms with Crippen molar-refractivity contribution < 1.29 is 9.59 Å². The van der Waals surface area contributed by atoms with Crippen LogP contribution in [0.3, 0.4) is 0 Å². The molecule has 6 nitrogen and oxygen atoms in total. The Labute approximate surface area is 208 Å². The minimum Gasteiger partial charge on any atom is -0.326 e. The van der Waals surface area contributed by atoms with Crippen molar-refractivity contribution in [3.8, 4) is 0 Å². The van der Waals surface area contributed by atoms with Crippen molar-refractivity contribution in [1.29, 1.82) is 0 Å². The number of carbonyl (C=O) groups excluding carboxylic acids is 2. The number of hydrogen-bond donors (Lipinski definition) is 2. The van der Waals surface area contributed by atoms with E-state index in [1.807, 2.05) is 56.3 Å². The summed E-state index contributed by atoms with van der Waals surface area (Å²) in [6.07, 6.45) is 9.34.